The van der Waals surface area contributed by atoms with E-state index in [0.29, 0.717) is 12.5 Å². The van der Waals surface area contributed by atoms with Crippen LogP contribution < -0.4 is 5.32 Å². The maximum atomic E-state index is 12.4. The van der Waals surface area contributed by atoms with Crippen molar-refractivity contribution < 1.29 is 4.79 Å². The van der Waals surface area contributed by atoms with Crippen LogP contribution >= 0.6 is 11.6 Å². The number of nitrogens with one attached hydrogen (secondary N) is 1. The van der Waals surface area contributed by atoms with Gasteiger partial charge in [0.1, 0.15) is 6.17 Å². The second-order valence-corrected chi connectivity index (χ2v) is 6.71. The first-order valence-electron chi connectivity index (χ1n) is 7.97. The van der Waals surface area contributed by atoms with E-state index < -0.39 is 0 Å². The smallest absolute Gasteiger partial charge is 0.238 e. The van der Waals surface area contributed by atoms with Crippen LogP contribution in [-0.4, -0.2) is 23.4 Å². The first kappa shape index (κ1) is 14.9. The summed E-state index contributed by atoms with van der Waals surface area (Å²) in [5.41, 5.74) is 1.08. The Morgan fingerprint density at radius 3 is 2.76 bits per heavy atom. The zero-order chi connectivity index (χ0) is 14.8. The highest BCUT2D eigenvalue weighted by Crippen LogP contribution is 2.34. The van der Waals surface area contributed by atoms with E-state index in [4.69, 9.17) is 11.6 Å². The molecule has 114 valence electrons. The predicted molar refractivity (Wildman–Crippen MR) is 85.1 cm³/mol. The van der Waals surface area contributed by atoms with Crippen molar-refractivity contribution in [2.45, 2.75) is 51.2 Å². The number of amides is 1. The zero-order valence-corrected chi connectivity index (χ0v) is 13.3. The van der Waals surface area contributed by atoms with E-state index in [9.17, 15) is 4.79 Å². The Kier molecular flexibility index (Phi) is 4.51. The third kappa shape index (κ3) is 3.09. The van der Waals surface area contributed by atoms with Crippen LogP contribution in [0.4, 0.5) is 0 Å². The van der Waals surface area contributed by atoms with Gasteiger partial charge in [-0.15, -0.1) is 0 Å². The molecular weight excluding hydrogens is 284 g/mol. The third-order valence-corrected chi connectivity index (χ3v) is 5.18. The molecule has 1 heterocycles. The van der Waals surface area contributed by atoms with Gasteiger partial charge in [0.05, 0.1) is 6.54 Å². The standard InChI is InChI=1S/C17H23ClN2O/c1-12(13-6-3-2-4-7-13)20-16(21)11-19-17(20)14-8-5-9-15(18)10-14/h5,8-10,12-13,17,19H,2-4,6-7,11H2,1H3. The van der Waals surface area contributed by atoms with E-state index in [0.717, 1.165) is 10.6 Å². The SMILES string of the molecule is CC(C1CCCCC1)N1C(=O)CNC1c1cccc(Cl)c1. The van der Waals surface area contributed by atoms with Gasteiger partial charge in [0.15, 0.2) is 0 Å². The second kappa shape index (κ2) is 6.37. The van der Waals surface area contributed by atoms with E-state index in [-0.39, 0.29) is 18.1 Å². The molecule has 3 rings (SSSR count). The molecular formula is C17H23ClN2O. The van der Waals surface area contributed by atoms with Gasteiger partial charge in [-0.2, -0.15) is 0 Å². The molecule has 0 radical (unpaired) electrons. The fraction of sp³-hybridized carbons (Fsp3) is 0.588. The average molecular weight is 307 g/mol. The summed E-state index contributed by atoms with van der Waals surface area (Å²) in [5.74, 6) is 0.835. The largest absolute Gasteiger partial charge is 0.319 e. The van der Waals surface area contributed by atoms with E-state index in [1.807, 2.05) is 29.2 Å². The first-order valence-corrected chi connectivity index (χ1v) is 8.34. The molecule has 1 aliphatic heterocycles. The summed E-state index contributed by atoms with van der Waals surface area (Å²) in [7, 11) is 0. The minimum absolute atomic E-state index is 0.0341. The number of nitrogens with zero attached hydrogens (tertiary/aromatic N) is 1. The van der Waals surface area contributed by atoms with Gasteiger partial charge in [-0.25, -0.2) is 0 Å². The van der Waals surface area contributed by atoms with Crippen molar-refractivity contribution >= 4 is 17.5 Å². The lowest BCUT2D eigenvalue weighted by Crippen LogP contribution is -2.42. The lowest BCUT2D eigenvalue weighted by Gasteiger charge is -2.37. The molecule has 4 heteroatoms. The van der Waals surface area contributed by atoms with Crippen molar-refractivity contribution in [2.24, 2.45) is 5.92 Å². The molecule has 2 fully saturated rings. The molecule has 1 amide bonds. The van der Waals surface area contributed by atoms with Gasteiger partial charge in [0, 0.05) is 11.1 Å². The molecule has 1 saturated heterocycles. The molecule has 1 aromatic carbocycles. The number of carbonyl (C=O) groups excluding carboxylic acids is 1. The highest BCUT2D eigenvalue weighted by molar-refractivity contribution is 6.30. The van der Waals surface area contributed by atoms with Gasteiger partial charge in [-0.3, -0.25) is 10.1 Å². The summed E-state index contributed by atoms with van der Waals surface area (Å²) in [5, 5.41) is 4.06. The first-order chi connectivity index (χ1) is 10.2. The maximum Gasteiger partial charge on any atom is 0.238 e. The van der Waals surface area contributed by atoms with Crippen LogP contribution in [0.25, 0.3) is 0 Å². The van der Waals surface area contributed by atoms with Crippen LogP contribution in [0, 0.1) is 5.92 Å². The molecule has 1 aromatic rings. The van der Waals surface area contributed by atoms with Gasteiger partial charge in [-0.05, 0) is 43.4 Å². The molecule has 1 N–H and O–H groups in total. The quantitative estimate of drug-likeness (QED) is 0.922. The van der Waals surface area contributed by atoms with Gasteiger partial charge >= 0.3 is 0 Å². The summed E-state index contributed by atoms with van der Waals surface area (Å²) in [6, 6.07) is 8.11. The third-order valence-electron chi connectivity index (χ3n) is 4.95. The van der Waals surface area contributed by atoms with Crippen molar-refractivity contribution in [3.63, 3.8) is 0 Å². The summed E-state index contributed by atoms with van der Waals surface area (Å²) in [6.45, 7) is 2.63. The summed E-state index contributed by atoms with van der Waals surface area (Å²) >= 11 is 6.10. The number of carbonyl (C=O) groups is 1. The lowest BCUT2D eigenvalue weighted by atomic mass is 9.83. The molecule has 2 aliphatic rings. The highest BCUT2D eigenvalue weighted by Gasteiger charge is 2.38. The number of benzene rings is 1. The van der Waals surface area contributed by atoms with Gasteiger partial charge < -0.3 is 4.90 Å². The van der Waals surface area contributed by atoms with Crippen molar-refractivity contribution in [1.82, 2.24) is 10.2 Å². The number of hydrogen-bond donors (Lipinski definition) is 1. The maximum absolute atomic E-state index is 12.4. The fourth-order valence-corrected chi connectivity index (χ4v) is 3.98. The minimum atomic E-state index is -0.0341. The van der Waals surface area contributed by atoms with Crippen molar-refractivity contribution in [3.05, 3.63) is 34.9 Å². The average Bonchev–Trinajstić information content (AvgIpc) is 2.89. The van der Waals surface area contributed by atoms with E-state index in [1.54, 1.807) is 0 Å². The summed E-state index contributed by atoms with van der Waals surface area (Å²) in [4.78, 5) is 14.4. The molecule has 0 aromatic heterocycles. The molecule has 1 saturated carbocycles. The molecule has 0 bridgehead atoms. The number of halogens is 1. The van der Waals surface area contributed by atoms with E-state index >= 15 is 0 Å². The van der Waals surface area contributed by atoms with Crippen molar-refractivity contribution in [2.75, 3.05) is 6.54 Å². The summed E-state index contributed by atoms with van der Waals surface area (Å²) < 4.78 is 0. The Bertz CT molecular complexity index is 513. The predicted octanol–water partition coefficient (Wildman–Crippen LogP) is 3.74. The Hall–Kier alpha value is -1.06. The molecule has 0 spiro atoms. The Morgan fingerprint density at radius 2 is 2.05 bits per heavy atom. The van der Waals surface area contributed by atoms with Crippen molar-refractivity contribution in [3.8, 4) is 0 Å². The number of rotatable bonds is 3. The topological polar surface area (TPSA) is 32.3 Å². The monoisotopic (exact) mass is 306 g/mol. The Balaban J connectivity index is 1.81. The van der Waals surface area contributed by atoms with Gasteiger partial charge in [0.25, 0.3) is 0 Å². The number of hydrogen-bond acceptors (Lipinski definition) is 2. The minimum Gasteiger partial charge on any atom is -0.319 e. The van der Waals surface area contributed by atoms with E-state index in [2.05, 4.69) is 12.2 Å². The van der Waals surface area contributed by atoms with Crippen LogP contribution in [0.3, 0.4) is 0 Å². The van der Waals surface area contributed by atoms with Crippen LogP contribution in [0.2, 0.25) is 5.02 Å². The van der Waals surface area contributed by atoms with Gasteiger partial charge in [-0.1, -0.05) is 43.0 Å². The van der Waals surface area contributed by atoms with Gasteiger partial charge in [0.2, 0.25) is 5.91 Å². The fourth-order valence-electron chi connectivity index (χ4n) is 3.78. The molecule has 2 atom stereocenters. The zero-order valence-electron chi connectivity index (χ0n) is 12.5. The van der Waals surface area contributed by atoms with Crippen LogP contribution in [-0.2, 0) is 4.79 Å². The van der Waals surface area contributed by atoms with E-state index in [1.165, 1.54) is 32.1 Å². The van der Waals surface area contributed by atoms with Crippen LogP contribution in [0.15, 0.2) is 24.3 Å². The second-order valence-electron chi connectivity index (χ2n) is 6.28. The molecule has 1 aliphatic carbocycles. The Labute approximate surface area is 131 Å². The van der Waals surface area contributed by atoms with Crippen LogP contribution in [0.5, 0.6) is 0 Å². The molecule has 21 heavy (non-hydrogen) atoms. The normalized spacial score (nSPS) is 25.3. The lowest BCUT2D eigenvalue weighted by molar-refractivity contribution is -0.131. The highest BCUT2D eigenvalue weighted by atomic mass is 35.5. The molecule has 3 nitrogen and oxygen atoms in total. The van der Waals surface area contributed by atoms with Crippen molar-refractivity contribution in [1.29, 1.82) is 0 Å². The summed E-state index contributed by atoms with van der Waals surface area (Å²) in [6.07, 6.45) is 6.39. The molecule has 2 unspecified atom stereocenters. The van der Waals surface area contributed by atoms with Crippen LogP contribution in [0.1, 0.15) is 50.8 Å². The Morgan fingerprint density at radius 1 is 1.29 bits per heavy atom.